The smallest absolute Gasteiger partial charge is 0.411 e. The number of carboxylic acids is 1. The highest BCUT2D eigenvalue weighted by Crippen LogP contribution is 2.24. The van der Waals surface area contributed by atoms with E-state index in [-0.39, 0.29) is 12.3 Å². The molecule has 0 saturated heterocycles. The Morgan fingerprint density at radius 3 is 2.78 bits per heavy atom. The zero-order valence-electron chi connectivity index (χ0n) is 9.07. The van der Waals surface area contributed by atoms with E-state index in [4.69, 9.17) is 16.7 Å². The number of ether oxygens (including phenoxy) is 1. The summed E-state index contributed by atoms with van der Waals surface area (Å²) in [6.45, 7) is 3.32. The molecule has 1 amide bonds. The number of amides is 1. The van der Waals surface area contributed by atoms with Crippen LogP contribution in [-0.2, 0) is 4.74 Å². The van der Waals surface area contributed by atoms with E-state index in [9.17, 15) is 14.0 Å². The summed E-state index contributed by atoms with van der Waals surface area (Å²) in [5, 5.41) is 10.4. The summed E-state index contributed by atoms with van der Waals surface area (Å²) in [6, 6.07) is 1.92. The highest BCUT2D eigenvalue weighted by Gasteiger charge is 2.15. The Morgan fingerprint density at radius 1 is 1.56 bits per heavy atom. The lowest BCUT2D eigenvalue weighted by atomic mass is 10.2. The van der Waals surface area contributed by atoms with Gasteiger partial charge in [-0.15, -0.1) is 0 Å². The summed E-state index contributed by atoms with van der Waals surface area (Å²) >= 11 is 5.47. The number of benzene rings is 1. The summed E-state index contributed by atoms with van der Waals surface area (Å²) < 4.78 is 17.9. The van der Waals surface area contributed by atoms with Crippen LogP contribution < -0.4 is 5.32 Å². The molecular weight excluding hydrogens is 265 g/mol. The van der Waals surface area contributed by atoms with Crippen molar-refractivity contribution >= 4 is 29.4 Å². The van der Waals surface area contributed by atoms with Crippen molar-refractivity contribution in [3.63, 3.8) is 0 Å². The molecule has 18 heavy (non-hydrogen) atoms. The number of carbonyl (C=O) groups excluding carboxylic acids is 1. The van der Waals surface area contributed by atoms with E-state index in [2.05, 4.69) is 16.6 Å². The summed E-state index contributed by atoms with van der Waals surface area (Å²) in [5.74, 6) is -2.35. The van der Waals surface area contributed by atoms with Gasteiger partial charge >= 0.3 is 12.1 Å². The molecule has 0 aromatic heterocycles. The molecule has 0 spiro atoms. The van der Waals surface area contributed by atoms with E-state index in [1.54, 1.807) is 0 Å². The van der Waals surface area contributed by atoms with E-state index in [1.165, 1.54) is 6.08 Å². The van der Waals surface area contributed by atoms with Gasteiger partial charge in [-0.05, 0) is 12.1 Å². The van der Waals surface area contributed by atoms with E-state index < -0.39 is 28.5 Å². The lowest BCUT2D eigenvalue weighted by molar-refractivity contribution is 0.0696. The molecule has 0 radical (unpaired) electrons. The van der Waals surface area contributed by atoms with Gasteiger partial charge in [-0.2, -0.15) is 0 Å². The number of hydrogen-bond acceptors (Lipinski definition) is 3. The maximum Gasteiger partial charge on any atom is 0.411 e. The van der Waals surface area contributed by atoms with Gasteiger partial charge < -0.3 is 9.84 Å². The molecule has 5 nitrogen and oxygen atoms in total. The van der Waals surface area contributed by atoms with Crippen molar-refractivity contribution < 1.29 is 23.8 Å². The molecule has 0 heterocycles. The fourth-order valence-electron chi connectivity index (χ4n) is 1.11. The van der Waals surface area contributed by atoms with Gasteiger partial charge in [0.1, 0.15) is 12.4 Å². The minimum absolute atomic E-state index is 0.0201. The molecule has 2 N–H and O–H groups in total. The van der Waals surface area contributed by atoms with Gasteiger partial charge in [0.05, 0.1) is 10.6 Å². The molecule has 7 heteroatoms. The van der Waals surface area contributed by atoms with Gasteiger partial charge in [0.25, 0.3) is 0 Å². The first-order valence-electron chi connectivity index (χ1n) is 4.72. The average Bonchev–Trinajstić information content (AvgIpc) is 2.30. The summed E-state index contributed by atoms with van der Waals surface area (Å²) in [5.41, 5.74) is -0.515. The normalized spacial score (nSPS) is 9.67. The third-order valence-electron chi connectivity index (χ3n) is 1.84. The lowest BCUT2D eigenvalue weighted by Crippen LogP contribution is -2.14. The Hall–Kier alpha value is -2.08. The SMILES string of the molecule is C=CCOC(=O)Nc1cc(F)c(Cl)c(C(=O)O)c1. The molecule has 0 saturated carbocycles. The molecule has 0 atom stereocenters. The number of aromatic carboxylic acids is 1. The van der Waals surface area contributed by atoms with E-state index in [1.807, 2.05) is 0 Å². The van der Waals surface area contributed by atoms with Crippen molar-refractivity contribution in [2.24, 2.45) is 0 Å². The Labute approximate surface area is 107 Å². The summed E-state index contributed by atoms with van der Waals surface area (Å²) in [6.07, 6.45) is 0.498. The van der Waals surface area contributed by atoms with Crippen LogP contribution in [0.5, 0.6) is 0 Å². The molecule has 0 unspecified atom stereocenters. The molecule has 1 aromatic carbocycles. The van der Waals surface area contributed by atoms with Crippen LogP contribution in [0, 0.1) is 5.82 Å². The second-order valence-electron chi connectivity index (χ2n) is 3.14. The second kappa shape index (κ2) is 6.02. The molecule has 0 aliphatic heterocycles. The number of nitrogens with one attached hydrogen (secondary N) is 1. The van der Waals surface area contributed by atoms with Gasteiger partial charge in [0, 0.05) is 5.69 Å². The monoisotopic (exact) mass is 273 g/mol. The van der Waals surface area contributed by atoms with Gasteiger partial charge in [0.2, 0.25) is 0 Å². The summed E-state index contributed by atoms with van der Waals surface area (Å²) in [4.78, 5) is 21.9. The molecule has 0 bridgehead atoms. The van der Waals surface area contributed by atoms with Crippen LogP contribution in [0.1, 0.15) is 10.4 Å². The third kappa shape index (κ3) is 3.46. The van der Waals surface area contributed by atoms with Crippen LogP contribution in [0.15, 0.2) is 24.8 Å². The lowest BCUT2D eigenvalue weighted by Gasteiger charge is -2.07. The Kier molecular flexibility index (Phi) is 4.67. The molecule has 96 valence electrons. The van der Waals surface area contributed by atoms with Crippen LogP contribution in [0.4, 0.5) is 14.9 Å². The van der Waals surface area contributed by atoms with Crippen molar-refractivity contribution in [2.75, 3.05) is 11.9 Å². The largest absolute Gasteiger partial charge is 0.478 e. The number of carboxylic acid groups (broad SMARTS) is 1. The van der Waals surface area contributed by atoms with Crippen molar-refractivity contribution in [2.45, 2.75) is 0 Å². The van der Waals surface area contributed by atoms with E-state index in [0.717, 1.165) is 12.1 Å². The zero-order chi connectivity index (χ0) is 13.7. The Balaban J connectivity index is 2.94. The maximum atomic E-state index is 13.3. The minimum Gasteiger partial charge on any atom is -0.478 e. The van der Waals surface area contributed by atoms with Crippen LogP contribution in [0.2, 0.25) is 5.02 Å². The number of rotatable bonds is 4. The number of hydrogen-bond donors (Lipinski definition) is 2. The van der Waals surface area contributed by atoms with Crippen molar-refractivity contribution in [3.05, 3.63) is 41.2 Å². The van der Waals surface area contributed by atoms with Gasteiger partial charge in [-0.3, -0.25) is 5.32 Å². The van der Waals surface area contributed by atoms with Gasteiger partial charge in [-0.25, -0.2) is 14.0 Å². The zero-order valence-corrected chi connectivity index (χ0v) is 9.83. The fourth-order valence-corrected chi connectivity index (χ4v) is 1.30. The van der Waals surface area contributed by atoms with Gasteiger partial charge in [0.15, 0.2) is 0 Å². The quantitative estimate of drug-likeness (QED) is 0.827. The standard InChI is InChI=1S/C11H9ClFNO4/c1-2-3-18-11(17)14-6-4-7(10(15)16)9(12)8(13)5-6/h2,4-5H,1,3H2,(H,14,17)(H,15,16). The predicted octanol–water partition coefficient (Wildman–Crippen LogP) is 2.91. The van der Waals surface area contributed by atoms with Crippen molar-refractivity contribution in [1.29, 1.82) is 0 Å². The van der Waals surface area contributed by atoms with E-state index >= 15 is 0 Å². The van der Waals surface area contributed by atoms with E-state index in [0.29, 0.717) is 0 Å². The molecule has 0 fully saturated rings. The second-order valence-corrected chi connectivity index (χ2v) is 3.51. The van der Waals surface area contributed by atoms with Crippen LogP contribution >= 0.6 is 11.6 Å². The molecule has 0 aliphatic carbocycles. The Bertz CT molecular complexity index is 504. The maximum absolute atomic E-state index is 13.3. The first kappa shape index (κ1) is 14.0. The fraction of sp³-hybridized carbons (Fsp3) is 0.0909. The first-order valence-corrected chi connectivity index (χ1v) is 5.10. The average molecular weight is 274 g/mol. The molecule has 0 aliphatic rings. The summed E-state index contributed by atoms with van der Waals surface area (Å²) in [7, 11) is 0. The van der Waals surface area contributed by atoms with Crippen LogP contribution in [0.3, 0.4) is 0 Å². The van der Waals surface area contributed by atoms with Crippen molar-refractivity contribution in [1.82, 2.24) is 0 Å². The number of anilines is 1. The number of halogens is 2. The number of carbonyl (C=O) groups is 2. The molecule has 1 aromatic rings. The minimum atomic E-state index is -1.40. The van der Waals surface area contributed by atoms with Crippen LogP contribution in [-0.4, -0.2) is 23.8 Å². The van der Waals surface area contributed by atoms with Gasteiger partial charge in [-0.1, -0.05) is 24.3 Å². The van der Waals surface area contributed by atoms with Crippen LogP contribution in [0.25, 0.3) is 0 Å². The molecule has 1 rings (SSSR count). The first-order chi connectivity index (χ1) is 8.45. The highest BCUT2D eigenvalue weighted by molar-refractivity contribution is 6.33. The van der Waals surface area contributed by atoms with Crippen molar-refractivity contribution in [3.8, 4) is 0 Å². The third-order valence-corrected chi connectivity index (χ3v) is 2.22. The predicted molar refractivity (Wildman–Crippen MR) is 63.5 cm³/mol. The molecular formula is C11H9ClFNO4. The highest BCUT2D eigenvalue weighted by atomic mass is 35.5. The Morgan fingerprint density at radius 2 is 2.22 bits per heavy atom. The topological polar surface area (TPSA) is 75.6 Å².